The molecule has 0 aliphatic carbocycles. The summed E-state index contributed by atoms with van der Waals surface area (Å²) in [4.78, 5) is 0. The predicted octanol–water partition coefficient (Wildman–Crippen LogP) is 5.16. The largest absolute Gasteiger partial charge is 0.376 e. The van der Waals surface area contributed by atoms with Gasteiger partial charge in [-0.15, -0.1) is 0 Å². The molecule has 0 radical (unpaired) electrons. The van der Waals surface area contributed by atoms with E-state index in [4.69, 9.17) is 0 Å². The van der Waals surface area contributed by atoms with Gasteiger partial charge in [-0.05, 0) is 43.0 Å². The first-order valence-corrected chi connectivity index (χ1v) is 6.93. The summed E-state index contributed by atoms with van der Waals surface area (Å²) >= 11 is 0. The zero-order valence-electron chi connectivity index (χ0n) is 12.3. The molecule has 0 atom stereocenters. The maximum Gasteiger partial charge on any atom is 0.0569 e. The summed E-state index contributed by atoms with van der Waals surface area (Å²) in [5, 5.41) is 3.60. The van der Waals surface area contributed by atoms with Crippen LogP contribution in [0.5, 0.6) is 0 Å². The van der Waals surface area contributed by atoms with Gasteiger partial charge in [0, 0.05) is 5.69 Å². The average molecular weight is 253 g/mol. The Morgan fingerprint density at radius 1 is 0.842 bits per heavy atom. The lowest BCUT2D eigenvalue weighted by Crippen LogP contribution is -2.27. The molecule has 0 fully saturated rings. The molecule has 0 aromatic heterocycles. The quantitative estimate of drug-likeness (QED) is 0.794. The smallest absolute Gasteiger partial charge is 0.0569 e. The first-order chi connectivity index (χ1) is 8.99. The molecule has 2 aromatic rings. The molecule has 0 amide bonds. The molecule has 0 spiro atoms. The van der Waals surface area contributed by atoms with Crippen LogP contribution in [0.1, 0.15) is 44.7 Å². The van der Waals surface area contributed by atoms with Gasteiger partial charge >= 0.3 is 0 Å². The molecule has 1 heteroatoms. The minimum atomic E-state index is -0.0688. The van der Waals surface area contributed by atoms with E-state index in [-0.39, 0.29) is 5.54 Å². The van der Waals surface area contributed by atoms with E-state index in [1.54, 1.807) is 0 Å². The molecule has 0 heterocycles. The van der Waals surface area contributed by atoms with E-state index in [0.29, 0.717) is 5.92 Å². The van der Waals surface area contributed by atoms with Gasteiger partial charge in [0.1, 0.15) is 0 Å². The van der Waals surface area contributed by atoms with E-state index < -0.39 is 0 Å². The molecular formula is C18H23N. The number of rotatable bonds is 4. The van der Waals surface area contributed by atoms with Crippen molar-refractivity contribution in [2.45, 2.75) is 39.2 Å². The first kappa shape index (κ1) is 13.7. The molecule has 0 saturated heterocycles. The van der Waals surface area contributed by atoms with Crippen LogP contribution >= 0.6 is 0 Å². The third-order valence-corrected chi connectivity index (χ3v) is 3.53. The highest BCUT2D eigenvalue weighted by molar-refractivity contribution is 5.48. The molecule has 2 rings (SSSR count). The van der Waals surface area contributed by atoms with Gasteiger partial charge in [-0.1, -0.05) is 56.3 Å². The summed E-state index contributed by atoms with van der Waals surface area (Å²) in [5.41, 5.74) is 3.77. The topological polar surface area (TPSA) is 12.0 Å². The van der Waals surface area contributed by atoms with E-state index in [0.717, 1.165) is 0 Å². The standard InChI is InChI=1S/C18H23N/c1-14(2)15-10-12-17(13-11-15)19-18(3,4)16-8-6-5-7-9-16/h5-14,19H,1-4H3. The summed E-state index contributed by atoms with van der Waals surface area (Å²) in [6.45, 7) is 8.85. The van der Waals surface area contributed by atoms with Crippen LogP contribution in [0, 0.1) is 0 Å². The molecule has 1 N–H and O–H groups in total. The number of hydrogen-bond donors (Lipinski definition) is 1. The van der Waals surface area contributed by atoms with Gasteiger partial charge < -0.3 is 5.32 Å². The lowest BCUT2D eigenvalue weighted by atomic mass is 9.93. The minimum Gasteiger partial charge on any atom is -0.376 e. The van der Waals surface area contributed by atoms with Crippen LogP contribution in [-0.4, -0.2) is 0 Å². The van der Waals surface area contributed by atoms with Crippen molar-refractivity contribution in [1.82, 2.24) is 0 Å². The van der Waals surface area contributed by atoms with Crippen LogP contribution < -0.4 is 5.32 Å². The Morgan fingerprint density at radius 2 is 1.42 bits per heavy atom. The Kier molecular flexibility index (Phi) is 3.94. The van der Waals surface area contributed by atoms with Gasteiger partial charge in [0.25, 0.3) is 0 Å². The third-order valence-electron chi connectivity index (χ3n) is 3.53. The summed E-state index contributed by atoms with van der Waals surface area (Å²) in [6.07, 6.45) is 0. The predicted molar refractivity (Wildman–Crippen MR) is 83.6 cm³/mol. The van der Waals surface area contributed by atoms with E-state index in [1.165, 1.54) is 16.8 Å². The maximum atomic E-state index is 3.60. The van der Waals surface area contributed by atoms with Crippen molar-refractivity contribution in [1.29, 1.82) is 0 Å². The number of benzene rings is 2. The number of anilines is 1. The van der Waals surface area contributed by atoms with Gasteiger partial charge in [-0.3, -0.25) is 0 Å². The van der Waals surface area contributed by atoms with E-state index in [9.17, 15) is 0 Å². The normalized spacial score (nSPS) is 11.6. The minimum absolute atomic E-state index is 0.0688. The fraction of sp³-hybridized carbons (Fsp3) is 0.333. The van der Waals surface area contributed by atoms with Crippen LogP contribution in [0.2, 0.25) is 0 Å². The fourth-order valence-corrected chi connectivity index (χ4v) is 2.24. The Morgan fingerprint density at radius 3 is 1.95 bits per heavy atom. The van der Waals surface area contributed by atoms with Crippen molar-refractivity contribution < 1.29 is 0 Å². The third kappa shape index (κ3) is 3.37. The highest BCUT2D eigenvalue weighted by Gasteiger charge is 2.19. The van der Waals surface area contributed by atoms with Gasteiger partial charge in [-0.2, -0.15) is 0 Å². The zero-order valence-corrected chi connectivity index (χ0v) is 12.3. The van der Waals surface area contributed by atoms with Crippen molar-refractivity contribution in [3.8, 4) is 0 Å². The van der Waals surface area contributed by atoms with Gasteiger partial charge in [-0.25, -0.2) is 0 Å². The summed E-state index contributed by atoms with van der Waals surface area (Å²) in [6, 6.07) is 19.3. The van der Waals surface area contributed by atoms with E-state index in [1.807, 2.05) is 0 Å². The number of nitrogens with one attached hydrogen (secondary N) is 1. The highest BCUT2D eigenvalue weighted by atomic mass is 15.0. The molecule has 2 aromatic carbocycles. The Labute approximate surface area is 116 Å². The molecule has 19 heavy (non-hydrogen) atoms. The van der Waals surface area contributed by atoms with E-state index in [2.05, 4.69) is 87.6 Å². The molecule has 0 aliphatic heterocycles. The molecule has 0 saturated carbocycles. The van der Waals surface area contributed by atoms with Gasteiger partial charge in [0.2, 0.25) is 0 Å². The molecule has 0 bridgehead atoms. The second-order valence-electron chi connectivity index (χ2n) is 5.89. The van der Waals surface area contributed by atoms with Crippen LogP contribution in [0.25, 0.3) is 0 Å². The first-order valence-electron chi connectivity index (χ1n) is 6.93. The van der Waals surface area contributed by atoms with E-state index >= 15 is 0 Å². The SMILES string of the molecule is CC(C)c1ccc(NC(C)(C)c2ccccc2)cc1. The monoisotopic (exact) mass is 253 g/mol. The highest BCUT2D eigenvalue weighted by Crippen LogP contribution is 2.26. The molecule has 0 unspecified atom stereocenters. The van der Waals surface area contributed by atoms with Crippen molar-refractivity contribution >= 4 is 5.69 Å². The zero-order chi connectivity index (χ0) is 13.9. The molecule has 1 nitrogen and oxygen atoms in total. The Bertz CT molecular complexity index is 509. The van der Waals surface area contributed by atoms with Crippen LogP contribution in [0.15, 0.2) is 54.6 Å². The molecule has 100 valence electrons. The van der Waals surface area contributed by atoms with Crippen molar-refractivity contribution in [2.75, 3.05) is 5.32 Å². The summed E-state index contributed by atoms with van der Waals surface area (Å²) < 4.78 is 0. The lowest BCUT2D eigenvalue weighted by Gasteiger charge is -2.28. The van der Waals surface area contributed by atoms with Crippen LogP contribution in [0.4, 0.5) is 5.69 Å². The molecule has 0 aliphatic rings. The van der Waals surface area contributed by atoms with Crippen LogP contribution in [0.3, 0.4) is 0 Å². The van der Waals surface area contributed by atoms with Crippen molar-refractivity contribution in [3.63, 3.8) is 0 Å². The fourth-order valence-electron chi connectivity index (χ4n) is 2.24. The average Bonchev–Trinajstić information content (AvgIpc) is 2.40. The second kappa shape index (κ2) is 5.48. The van der Waals surface area contributed by atoms with Gasteiger partial charge in [0.15, 0.2) is 0 Å². The lowest BCUT2D eigenvalue weighted by molar-refractivity contribution is 0.609. The van der Waals surface area contributed by atoms with Crippen LogP contribution in [-0.2, 0) is 5.54 Å². The number of hydrogen-bond acceptors (Lipinski definition) is 1. The van der Waals surface area contributed by atoms with Crippen molar-refractivity contribution in [2.24, 2.45) is 0 Å². The summed E-state index contributed by atoms with van der Waals surface area (Å²) in [7, 11) is 0. The second-order valence-corrected chi connectivity index (χ2v) is 5.89. The maximum absolute atomic E-state index is 3.60. The Hall–Kier alpha value is -1.76. The van der Waals surface area contributed by atoms with Crippen molar-refractivity contribution in [3.05, 3.63) is 65.7 Å². The summed E-state index contributed by atoms with van der Waals surface area (Å²) in [5.74, 6) is 0.580. The molecular weight excluding hydrogens is 230 g/mol. The van der Waals surface area contributed by atoms with Gasteiger partial charge in [0.05, 0.1) is 5.54 Å². The Balaban J connectivity index is 2.16.